The van der Waals surface area contributed by atoms with Gasteiger partial charge in [-0.15, -0.1) is 0 Å². The zero-order chi connectivity index (χ0) is 29.4. The molecule has 3 amide bonds. The Balaban J connectivity index is 1.24. The van der Waals surface area contributed by atoms with Crippen molar-refractivity contribution in [3.63, 3.8) is 0 Å². The molecule has 1 saturated carbocycles. The Morgan fingerprint density at radius 3 is 2.71 bits per heavy atom. The van der Waals surface area contributed by atoms with Crippen LogP contribution in [0.15, 0.2) is 36.4 Å². The summed E-state index contributed by atoms with van der Waals surface area (Å²) in [7, 11) is 1.58. The Kier molecular flexibility index (Phi) is 8.33. The molecule has 1 aliphatic carbocycles. The van der Waals surface area contributed by atoms with Crippen LogP contribution in [0.2, 0.25) is 0 Å². The van der Waals surface area contributed by atoms with Crippen molar-refractivity contribution >= 4 is 23.4 Å². The summed E-state index contributed by atoms with van der Waals surface area (Å²) >= 11 is 0. The second-order valence-electron chi connectivity index (χ2n) is 13.2. The van der Waals surface area contributed by atoms with Crippen molar-refractivity contribution in [2.24, 2.45) is 23.7 Å². The van der Waals surface area contributed by atoms with Crippen LogP contribution >= 0.6 is 0 Å². The summed E-state index contributed by atoms with van der Waals surface area (Å²) in [5, 5.41) is 6.31. The molecule has 1 spiro atoms. The second kappa shape index (κ2) is 12.0. The van der Waals surface area contributed by atoms with Gasteiger partial charge in [0.15, 0.2) is 0 Å². The van der Waals surface area contributed by atoms with Crippen LogP contribution in [0.4, 0.5) is 5.69 Å². The third-order valence-electron chi connectivity index (χ3n) is 10.3. The molecule has 2 bridgehead atoms. The smallest absolute Gasteiger partial charge is 0.246 e. The monoisotopic (exact) mass is 578 g/mol. The van der Waals surface area contributed by atoms with Gasteiger partial charge < -0.3 is 29.9 Å². The standard InChI is InChI=1S/C33H46N4O5/c1-21-9-7-16-36(20-21)17-8-18-37-29(31(39)35-25-13-5-4-10-22(25)2)33-15-14-26(42-33)27(28(33)32(37)40)30(38)34-23-11-6-12-24(19-23)41-3/h6,11-12,14-15,19,21-22,25-29H,4-5,7-10,13,16-18,20H2,1-3H3,(H,34,38)(H,35,39)/t21?,22?,25?,26-,27?,28-,29?,33?/m0/s1. The third kappa shape index (κ3) is 5.34. The normalized spacial score (nSPS) is 35.7. The SMILES string of the molecule is COc1cccc(NC(=O)C2[C@@H]3C=CC4(O3)C(C(=O)NC3CCCCC3C)N(CCCN3CCCC(C)C3)C(=O)[C@H]24)c1. The van der Waals surface area contributed by atoms with Gasteiger partial charge in [-0.1, -0.05) is 44.9 Å². The Labute approximate surface area is 249 Å². The highest BCUT2D eigenvalue weighted by atomic mass is 16.5. The number of methoxy groups -OCH3 is 1. The Bertz CT molecular complexity index is 1220. The van der Waals surface area contributed by atoms with Gasteiger partial charge in [-0.05, 0) is 69.2 Å². The molecule has 0 radical (unpaired) electrons. The summed E-state index contributed by atoms with van der Waals surface area (Å²) in [6.45, 7) is 7.99. The number of anilines is 1. The van der Waals surface area contributed by atoms with Crippen molar-refractivity contribution in [3.8, 4) is 5.75 Å². The van der Waals surface area contributed by atoms with E-state index in [2.05, 4.69) is 29.4 Å². The molecule has 4 aliphatic heterocycles. The van der Waals surface area contributed by atoms with Crippen LogP contribution in [-0.2, 0) is 19.1 Å². The summed E-state index contributed by atoms with van der Waals surface area (Å²) in [6.07, 6.45) is 10.8. The van der Waals surface area contributed by atoms with Crippen molar-refractivity contribution in [3.05, 3.63) is 36.4 Å². The first-order valence-electron chi connectivity index (χ1n) is 16.0. The summed E-state index contributed by atoms with van der Waals surface area (Å²) in [5.41, 5.74) is -0.543. The molecule has 9 heteroatoms. The summed E-state index contributed by atoms with van der Waals surface area (Å²) in [4.78, 5) is 46.4. The highest BCUT2D eigenvalue weighted by Crippen LogP contribution is 2.55. The molecule has 42 heavy (non-hydrogen) atoms. The van der Waals surface area contributed by atoms with Gasteiger partial charge in [0.2, 0.25) is 17.7 Å². The van der Waals surface area contributed by atoms with E-state index in [-0.39, 0.29) is 23.8 Å². The number of amides is 3. The molecule has 8 atom stereocenters. The second-order valence-corrected chi connectivity index (χ2v) is 13.2. The van der Waals surface area contributed by atoms with E-state index < -0.39 is 29.6 Å². The number of ether oxygens (including phenoxy) is 2. The molecule has 1 aromatic carbocycles. The van der Waals surface area contributed by atoms with Crippen LogP contribution in [0.3, 0.4) is 0 Å². The van der Waals surface area contributed by atoms with Crippen LogP contribution in [-0.4, -0.2) is 84.6 Å². The number of hydrogen-bond acceptors (Lipinski definition) is 6. The van der Waals surface area contributed by atoms with Gasteiger partial charge in [-0.2, -0.15) is 0 Å². The fourth-order valence-electron chi connectivity index (χ4n) is 8.18. The van der Waals surface area contributed by atoms with Gasteiger partial charge in [-0.3, -0.25) is 14.4 Å². The maximum absolute atomic E-state index is 14.3. The number of nitrogens with zero attached hydrogens (tertiary/aromatic N) is 2. The number of fused-ring (bicyclic) bond motifs is 1. The number of carbonyl (C=O) groups excluding carboxylic acids is 3. The number of likely N-dealkylation sites (tertiary alicyclic amines) is 2. The Morgan fingerprint density at radius 2 is 1.93 bits per heavy atom. The van der Waals surface area contributed by atoms with Crippen LogP contribution in [0.25, 0.3) is 0 Å². The zero-order valence-corrected chi connectivity index (χ0v) is 25.2. The van der Waals surface area contributed by atoms with Gasteiger partial charge in [0.1, 0.15) is 17.4 Å². The maximum atomic E-state index is 14.3. The fourth-order valence-corrected chi connectivity index (χ4v) is 8.18. The maximum Gasteiger partial charge on any atom is 0.246 e. The van der Waals surface area contributed by atoms with E-state index in [1.54, 1.807) is 24.1 Å². The van der Waals surface area contributed by atoms with Crippen LogP contribution in [0, 0.1) is 23.7 Å². The van der Waals surface area contributed by atoms with Gasteiger partial charge in [-0.25, -0.2) is 0 Å². The lowest BCUT2D eigenvalue weighted by molar-refractivity contribution is -0.141. The molecular weight excluding hydrogens is 532 g/mol. The van der Waals surface area contributed by atoms with Crippen molar-refractivity contribution in [1.82, 2.24) is 15.1 Å². The highest BCUT2D eigenvalue weighted by molar-refractivity contribution is 6.02. The average molecular weight is 579 g/mol. The first kappa shape index (κ1) is 29.2. The molecule has 3 saturated heterocycles. The first-order valence-corrected chi connectivity index (χ1v) is 16.0. The van der Waals surface area contributed by atoms with E-state index in [0.717, 1.165) is 45.3 Å². The van der Waals surface area contributed by atoms with Crippen LogP contribution < -0.4 is 15.4 Å². The molecule has 6 rings (SSSR count). The van der Waals surface area contributed by atoms with E-state index in [9.17, 15) is 14.4 Å². The van der Waals surface area contributed by atoms with E-state index in [1.807, 2.05) is 24.3 Å². The Morgan fingerprint density at radius 1 is 1.10 bits per heavy atom. The van der Waals surface area contributed by atoms with E-state index in [4.69, 9.17) is 9.47 Å². The lowest BCUT2D eigenvalue weighted by atomic mass is 9.74. The zero-order valence-electron chi connectivity index (χ0n) is 25.2. The summed E-state index contributed by atoms with van der Waals surface area (Å²) in [6, 6.07) is 6.47. The number of piperidine rings is 1. The van der Waals surface area contributed by atoms with Gasteiger partial charge in [0.05, 0.1) is 25.0 Å². The lowest BCUT2D eigenvalue weighted by Crippen LogP contribution is -2.57. The lowest BCUT2D eigenvalue weighted by Gasteiger charge is -2.36. The minimum Gasteiger partial charge on any atom is -0.497 e. The molecule has 9 nitrogen and oxygen atoms in total. The molecule has 228 valence electrons. The third-order valence-corrected chi connectivity index (χ3v) is 10.3. The molecule has 2 N–H and O–H groups in total. The fraction of sp³-hybridized carbons (Fsp3) is 0.667. The van der Waals surface area contributed by atoms with Gasteiger partial charge >= 0.3 is 0 Å². The van der Waals surface area contributed by atoms with E-state index >= 15 is 0 Å². The molecule has 0 aromatic heterocycles. The predicted octanol–water partition coefficient (Wildman–Crippen LogP) is 3.60. The van der Waals surface area contributed by atoms with Gasteiger partial charge in [0, 0.05) is 30.9 Å². The Hall–Kier alpha value is -2.91. The van der Waals surface area contributed by atoms with E-state index in [0.29, 0.717) is 29.8 Å². The van der Waals surface area contributed by atoms with Crippen molar-refractivity contribution in [2.45, 2.75) is 82.6 Å². The number of carbonyl (C=O) groups is 3. The molecular formula is C33H46N4O5. The summed E-state index contributed by atoms with van der Waals surface area (Å²) in [5.74, 6) is -0.347. The van der Waals surface area contributed by atoms with Crippen LogP contribution in [0.5, 0.6) is 5.75 Å². The van der Waals surface area contributed by atoms with Crippen molar-refractivity contribution < 1.29 is 23.9 Å². The number of rotatable bonds is 9. The average Bonchev–Trinajstić information content (AvgIpc) is 3.62. The number of nitrogens with one attached hydrogen (secondary N) is 2. The molecule has 6 unspecified atom stereocenters. The minimum atomic E-state index is -1.14. The van der Waals surface area contributed by atoms with E-state index in [1.165, 1.54) is 19.3 Å². The predicted molar refractivity (Wildman–Crippen MR) is 160 cm³/mol. The van der Waals surface area contributed by atoms with Crippen molar-refractivity contribution in [2.75, 3.05) is 38.6 Å². The van der Waals surface area contributed by atoms with Crippen molar-refractivity contribution in [1.29, 1.82) is 0 Å². The molecule has 4 fully saturated rings. The largest absolute Gasteiger partial charge is 0.497 e. The number of benzene rings is 1. The number of hydrogen-bond donors (Lipinski definition) is 2. The molecule has 1 aromatic rings. The molecule has 4 heterocycles. The quantitative estimate of drug-likeness (QED) is 0.435. The van der Waals surface area contributed by atoms with Gasteiger partial charge in [0.25, 0.3) is 0 Å². The molecule has 5 aliphatic rings. The minimum absolute atomic E-state index is 0.0863. The first-order chi connectivity index (χ1) is 20.3. The topological polar surface area (TPSA) is 100 Å². The summed E-state index contributed by atoms with van der Waals surface area (Å²) < 4.78 is 11.8. The van der Waals surface area contributed by atoms with Crippen LogP contribution in [0.1, 0.15) is 58.8 Å². The highest BCUT2D eigenvalue weighted by Gasteiger charge is 2.72.